The quantitative estimate of drug-likeness (QED) is 0.618. The van der Waals surface area contributed by atoms with Crippen LogP contribution in [0.2, 0.25) is 0 Å². The predicted octanol–water partition coefficient (Wildman–Crippen LogP) is 3.84. The first-order valence-corrected chi connectivity index (χ1v) is 11.5. The van der Waals surface area contributed by atoms with E-state index in [0.717, 1.165) is 23.1 Å². The van der Waals surface area contributed by atoms with Gasteiger partial charge in [0.25, 0.3) is 5.91 Å². The number of anilines is 1. The van der Waals surface area contributed by atoms with Gasteiger partial charge in [-0.05, 0) is 47.0 Å². The molecule has 2 aliphatic heterocycles. The van der Waals surface area contributed by atoms with Crippen molar-refractivity contribution in [3.8, 4) is 0 Å². The molecule has 0 spiro atoms. The maximum atomic E-state index is 13.2. The molecule has 0 saturated carbocycles. The van der Waals surface area contributed by atoms with Crippen molar-refractivity contribution in [2.24, 2.45) is 0 Å². The van der Waals surface area contributed by atoms with Crippen molar-refractivity contribution in [1.29, 1.82) is 0 Å². The van der Waals surface area contributed by atoms with Crippen molar-refractivity contribution in [3.63, 3.8) is 0 Å². The number of fused-ring (bicyclic) bond motifs is 1. The van der Waals surface area contributed by atoms with Crippen LogP contribution in [0.4, 0.5) is 5.69 Å². The lowest BCUT2D eigenvalue weighted by Crippen LogP contribution is -2.35. The van der Waals surface area contributed by atoms with Crippen molar-refractivity contribution < 1.29 is 14.4 Å². The molecule has 2 saturated heterocycles. The fourth-order valence-corrected chi connectivity index (χ4v) is 4.71. The molecule has 6 heteroatoms. The van der Waals surface area contributed by atoms with Gasteiger partial charge in [0.2, 0.25) is 11.8 Å². The molecule has 2 fully saturated rings. The largest absolute Gasteiger partial charge is 0.337 e. The Morgan fingerprint density at radius 1 is 0.758 bits per heavy atom. The smallest absolute Gasteiger partial charge is 0.254 e. The van der Waals surface area contributed by atoms with E-state index in [1.54, 1.807) is 21.9 Å². The third-order valence-corrected chi connectivity index (χ3v) is 6.54. The molecule has 33 heavy (non-hydrogen) atoms. The average molecular weight is 442 g/mol. The number of nitrogens with zero attached hydrogens (tertiary/aromatic N) is 3. The SMILES string of the molecule is O=C1CCN(C(=O)c2cccc(N3CCCC3=O)c2)CCN1Cc1ccc2ccccc2c1. The van der Waals surface area contributed by atoms with E-state index in [0.29, 0.717) is 51.1 Å². The van der Waals surface area contributed by atoms with E-state index in [2.05, 4.69) is 30.3 Å². The Morgan fingerprint density at radius 3 is 2.42 bits per heavy atom. The van der Waals surface area contributed by atoms with Gasteiger partial charge in [-0.1, -0.05) is 42.5 Å². The molecule has 6 nitrogen and oxygen atoms in total. The monoisotopic (exact) mass is 441 g/mol. The molecular formula is C27H27N3O3. The summed E-state index contributed by atoms with van der Waals surface area (Å²) in [5.41, 5.74) is 2.42. The van der Waals surface area contributed by atoms with Crippen LogP contribution in [-0.2, 0) is 16.1 Å². The summed E-state index contributed by atoms with van der Waals surface area (Å²) in [6.45, 7) is 2.63. The zero-order valence-corrected chi connectivity index (χ0v) is 18.6. The summed E-state index contributed by atoms with van der Waals surface area (Å²) < 4.78 is 0. The number of carbonyl (C=O) groups is 3. The molecule has 2 aliphatic rings. The van der Waals surface area contributed by atoms with Crippen molar-refractivity contribution in [2.45, 2.75) is 25.8 Å². The Hall–Kier alpha value is -3.67. The second-order valence-electron chi connectivity index (χ2n) is 8.74. The van der Waals surface area contributed by atoms with E-state index < -0.39 is 0 Å². The Kier molecular flexibility index (Phi) is 5.82. The van der Waals surface area contributed by atoms with E-state index in [1.807, 2.05) is 29.2 Å². The molecule has 0 radical (unpaired) electrons. The maximum Gasteiger partial charge on any atom is 0.254 e. The minimum absolute atomic E-state index is 0.0647. The maximum absolute atomic E-state index is 13.2. The van der Waals surface area contributed by atoms with Crippen LogP contribution < -0.4 is 4.90 Å². The van der Waals surface area contributed by atoms with E-state index in [4.69, 9.17) is 0 Å². The molecule has 0 N–H and O–H groups in total. The number of amides is 3. The van der Waals surface area contributed by atoms with Gasteiger partial charge in [-0.3, -0.25) is 14.4 Å². The van der Waals surface area contributed by atoms with Gasteiger partial charge in [-0.2, -0.15) is 0 Å². The Bertz CT molecular complexity index is 1220. The molecule has 0 atom stereocenters. The van der Waals surface area contributed by atoms with Crippen molar-refractivity contribution >= 4 is 34.2 Å². The topological polar surface area (TPSA) is 60.9 Å². The lowest BCUT2D eigenvalue weighted by Gasteiger charge is -2.23. The van der Waals surface area contributed by atoms with Gasteiger partial charge in [-0.15, -0.1) is 0 Å². The summed E-state index contributed by atoms with van der Waals surface area (Å²) in [7, 11) is 0. The fourth-order valence-electron chi connectivity index (χ4n) is 4.71. The summed E-state index contributed by atoms with van der Waals surface area (Å²) in [5, 5.41) is 2.34. The van der Waals surface area contributed by atoms with Crippen molar-refractivity contribution in [2.75, 3.05) is 31.1 Å². The number of carbonyl (C=O) groups excluding carboxylic acids is 3. The van der Waals surface area contributed by atoms with Crippen LogP contribution in [0, 0.1) is 0 Å². The van der Waals surface area contributed by atoms with Gasteiger partial charge < -0.3 is 14.7 Å². The summed E-state index contributed by atoms with van der Waals surface area (Å²) in [6, 6.07) is 21.7. The average Bonchev–Trinajstić information content (AvgIpc) is 3.19. The van der Waals surface area contributed by atoms with Crippen molar-refractivity contribution in [3.05, 3.63) is 77.9 Å². The van der Waals surface area contributed by atoms with Gasteiger partial charge in [-0.25, -0.2) is 0 Å². The Labute approximate surface area is 193 Å². The molecule has 0 aliphatic carbocycles. The first kappa shape index (κ1) is 21.2. The molecule has 168 valence electrons. The van der Waals surface area contributed by atoms with Crippen LogP contribution in [0.25, 0.3) is 10.8 Å². The first-order valence-electron chi connectivity index (χ1n) is 11.5. The first-order chi connectivity index (χ1) is 16.1. The zero-order chi connectivity index (χ0) is 22.8. The van der Waals surface area contributed by atoms with E-state index in [-0.39, 0.29) is 17.7 Å². The van der Waals surface area contributed by atoms with Crippen LogP contribution >= 0.6 is 0 Å². The van der Waals surface area contributed by atoms with E-state index in [9.17, 15) is 14.4 Å². The third-order valence-electron chi connectivity index (χ3n) is 6.54. The highest BCUT2D eigenvalue weighted by Crippen LogP contribution is 2.23. The highest BCUT2D eigenvalue weighted by Gasteiger charge is 2.26. The molecule has 5 rings (SSSR count). The molecule has 0 aromatic heterocycles. The molecule has 0 unspecified atom stereocenters. The molecule has 3 amide bonds. The van der Waals surface area contributed by atoms with E-state index >= 15 is 0 Å². The molecule has 3 aromatic rings. The normalized spacial score (nSPS) is 17.0. The van der Waals surface area contributed by atoms with Gasteiger partial charge >= 0.3 is 0 Å². The van der Waals surface area contributed by atoms with Crippen LogP contribution in [0.3, 0.4) is 0 Å². The second kappa shape index (κ2) is 9.06. The minimum Gasteiger partial charge on any atom is -0.337 e. The van der Waals surface area contributed by atoms with E-state index in [1.165, 1.54) is 5.39 Å². The third kappa shape index (κ3) is 4.46. The van der Waals surface area contributed by atoms with Gasteiger partial charge in [0, 0.05) is 56.8 Å². The minimum atomic E-state index is -0.0937. The summed E-state index contributed by atoms with van der Waals surface area (Å²) in [6.07, 6.45) is 1.71. The molecule has 0 bridgehead atoms. The number of hydrogen-bond donors (Lipinski definition) is 0. The van der Waals surface area contributed by atoms with Gasteiger partial charge in [0.15, 0.2) is 0 Å². The lowest BCUT2D eigenvalue weighted by molar-refractivity contribution is -0.131. The number of hydrogen-bond acceptors (Lipinski definition) is 3. The standard InChI is InChI=1S/C27H27N3O3/c31-25-12-14-28(27(33)23-7-3-8-24(18-23)30-13-4-9-26(30)32)15-16-29(25)19-20-10-11-21-5-1-2-6-22(21)17-20/h1-3,5-8,10-11,17-18H,4,9,12-16,19H2. The van der Waals surface area contributed by atoms with Gasteiger partial charge in [0.1, 0.15) is 0 Å². The van der Waals surface area contributed by atoms with Crippen LogP contribution in [-0.4, -0.2) is 53.7 Å². The van der Waals surface area contributed by atoms with Crippen molar-refractivity contribution in [1.82, 2.24) is 9.80 Å². The fraction of sp³-hybridized carbons (Fsp3) is 0.296. The second-order valence-corrected chi connectivity index (χ2v) is 8.74. The Balaban J connectivity index is 1.27. The highest BCUT2D eigenvalue weighted by molar-refractivity contribution is 5.99. The number of rotatable bonds is 4. The highest BCUT2D eigenvalue weighted by atomic mass is 16.2. The summed E-state index contributed by atoms with van der Waals surface area (Å²) >= 11 is 0. The van der Waals surface area contributed by atoms with Gasteiger partial charge in [0.05, 0.1) is 0 Å². The predicted molar refractivity (Wildman–Crippen MR) is 128 cm³/mol. The van der Waals surface area contributed by atoms with Crippen LogP contribution in [0.1, 0.15) is 35.2 Å². The molecule has 3 aromatic carbocycles. The summed E-state index contributed by atoms with van der Waals surface area (Å²) in [5.74, 6) is 0.0722. The lowest BCUT2D eigenvalue weighted by atomic mass is 10.1. The molecular weight excluding hydrogens is 414 g/mol. The molecule has 2 heterocycles. The number of benzene rings is 3. The summed E-state index contributed by atoms with van der Waals surface area (Å²) in [4.78, 5) is 43.4. The van der Waals surface area contributed by atoms with Crippen LogP contribution in [0.15, 0.2) is 66.7 Å². The Morgan fingerprint density at radius 2 is 1.61 bits per heavy atom. The van der Waals surface area contributed by atoms with Crippen LogP contribution in [0.5, 0.6) is 0 Å². The zero-order valence-electron chi connectivity index (χ0n) is 18.6.